The van der Waals surface area contributed by atoms with Crippen molar-refractivity contribution >= 4 is 11.9 Å². The molecule has 10 heteroatoms. The van der Waals surface area contributed by atoms with Crippen LogP contribution in [-0.2, 0) is 28.5 Å². The van der Waals surface area contributed by atoms with E-state index in [9.17, 15) is 30.0 Å². The monoisotopic (exact) mass is 744 g/mol. The first kappa shape index (κ1) is 47.9. The minimum atomic E-state index is -1.61. The van der Waals surface area contributed by atoms with Crippen LogP contribution in [0.1, 0.15) is 117 Å². The summed E-state index contributed by atoms with van der Waals surface area (Å²) in [6.07, 6.45) is 34.6. The Morgan fingerprint density at radius 2 is 1.06 bits per heavy atom. The highest BCUT2D eigenvalue weighted by Gasteiger charge is 2.44. The smallest absolute Gasteiger partial charge is 0.306 e. The van der Waals surface area contributed by atoms with Crippen LogP contribution in [-0.4, -0.2) is 89.0 Å². The lowest BCUT2D eigenvalue weighted by Crippen LogP contribution is -2.59. The molecule has 1 saturated heterocycles. The Kier molecular flexibility index (Phi) is 30.2. The van der Waals surface area contributed by atoms with Crippen LogP contribution in [0.3, 0.4) is 0 Å². The summed E-state index contributed by atoms with van der Waals surface area (Å²) in [5.74, 6) is -0.903. The summed E-state index contributed by atoms with van der Waals surface area (Å²) in [4.78, 5) is 25.2. The van der Waals surface area contributed by atoms with Gasteiger partial charge in [0, 0.05) is 12.8 Å². The van der Waals surface area contributed by atoms with Gasteiger partial charge >= 0.3 is 11.9 Å². The van der Waals surface area contributed by atoms with Gasteiger partial charge in [-0.1, -0.05) is 105 Å². The number of rotatable bonds is 30. The number of hydrogen-bond acceptors (Lipinski definition) is 10. The molecule has 1 fully saturated rings. The van der Waals surface area contributed by atoms with Gasteiger partial charge in [0.05, 0.1) is 13.2 Å². The summed E-state index contributed by atoms with van der Waals surface area (Å²) in [6, 6.07) is 0. The van der Waals surface area contributed by atoms with E-state index < -0.39 is 55.4 Å². The van der Waals surface area contributed by atoms with Crippen LogP contribution in [0.5, 0.6) is 0 Å². The first-order valence-electron chi connectivity index (χ1n) is 19.7. The van der Waals surface area contributed by atoms with E-state index in [1.54, 1.807) is 0 Å². The molecule has 6 atom stereocenters. The molecule has 1 rings (SSSR count). The standard InChI is InChI=1S/C43H68O10/c1-3-5-7-9-11-13-15-17-18-20-22-24-26-28-30-32-39(46)52-36(35-51-43-42(49)41(48)40(47)37(33-44)53-43)34-50-38(45)31-29-27-25-23-21-19-16-14-12-10-8-6-4-2/h5-8,11-14,17-19,21-22,24,36-37,40-44,47-49H,3-4,9-10,15-16,20,23,25-35H2,1-2H3/b7-5-,8-6-,13-11-,14-12-,18-17-,21-19-,24-22-. The van der Waals surface area contributed by atoms with Gasteiger partial charge in [-0.25, -0.2) is 0 Å². The van der Waals surface area contributed by atoms with Crippen LogP contribution >= 0.6 is 0 Å². The molecule has 0 spiro atoms. The number of hydrogen-bond donors (Lipinski definition) is 4. The molecule has 53 heavy (non-hydrogen) atoms. The van der Waals surface area contributed by atoms with Gasteiger partial charge in [-0.15, -0.1) is 0 Å². The quantitative estimate of drug-likeness (QED) is 0.0332. The fourth-order valence-corrected chi connectivity index (χ4v) is 5.19. The van der Waals surface area contributed by atoms with Crippen molar-refractivity contribution in [3.63, 3.8) is 0 Å². The van der Waals surface area contributed by atoms with Crippen LogP contribution in [0.25, 0.3) is 0 Å². The summed E-state index contributed by atoms with van der Waals surface area (Å²) in [6.45, 7) is 3.08. The maximum Gasteiger partial charge on any atom is 0.306 e. The zero-order chi connectivity index (χ0) is 38.8. The molecular formula is C43H68O10. The summed E-state index contributed by atoms with van der Waals surface area (Å²) >= 11 is 0. The van der Waals surface area contributed by atoms with Gasteiger partial charge in [-0.05, 0) is 83.5 Å². The fourth-order valence-electron chi connectivity index (χ4n) is 5.19. The molecular weight excluding hydrogens is 676 g/mol. The molecule has 6 unspecified atom stereocenters. The van der Waals surface area contributed by atoms with Crippen LogP contribution in [0, 0.1) is 0 Å². The predicted molar refractivity (Wildman–Crippen MR) is 210 cm³/mol. The lowest BCUT2D eigenvalue weighted by Gasteiger charge is -2.39. The summed E-state index contributed by atoms with van der Waals surface area (Å²) in [7, 11) is 0. The van der Waals surface area contributed by atoms with Crippen molar-refractivity contribution in [3.05, 3.63) is 85.1 Å². The summed E-state index contributed by atoms with van der Waals surface area (Å²) < 4.78 is 22.0. The lowest BCUT2D eigenvalue weighted by atomic mass is 9.99. The highest BCUT2D eigenvalue weighted by Crippen LogP contribution is 2.22. The van der Waals surface area contributed by atoms with E-state index in [2.05, 4.69) is 98.9 Å². The van der Waals surface area contributed by atoms with E-state index in [1.807, 2.05) is 0 Å². The maximum absolute atomic E-state index is 12.7. The molecule has 300 valence electrons. The molecule has 4 N–H and O–H groups in total. The average molecular weight is 745 g/mol. The van der Waals surface area contributed by atoms with Crippen LogP contribution < -0.4 is 0 Å². The van der Waals surface area contributed by atoms with E-state index in [4.69, 9.17) is 18.9 Å². The molecule has 0 aliphatic carbocycles. The molecule has 0 bridgehead atoms. The lowest BCUT2D eigenvalue weighted by molar-refractivity contribution is -0.305. The Hall–Kier alpha value is -3.12. The zero-order valence-corrected chi connectivity index (χ0v) is 32.2. The Bertz CT molecular complexity index is 1140. The van der Waals surface area contributed by atoms with Gasteiger partial charge in [0.25, 0.3) is 0 Å². The van der Waals surface area contributed by atoms with Crippen molar-refractivity contribution in [3.8, 4) is 0 Å². The SMILES string of the molecule is CC/C=C\C/C=C\C/C=C\C/C=C\CCCCC(=O)OC(COC(=O)CCCCC/C=C\C/C=C\C/C=C\CC)COC1OC(CO)C(O)C(O)C1O. The topological polar surface area (TPSA) is 152 Å². The second-order valence-electron chi connectivity index (χ2n) is 13.0. The first-order chi connectivity index (χ1) is 25.8. The second kappa shape index (κ2) is 33.4. The van der Waals surface area contributed by atoms with Gasteiger partial charge in [-0.3, -0.25) is 9.59 Å². The largest absolute Gasteiger partial charge is 0.462 e. The number of allylic oxidation sites excluding steroid dienone is 14. The molecule has 10 nitrogen and oxygen atoms in total. The molecule has 1 heterocycles. The van der Waals surface area contributed by atoms with Gasteiger partial charge in [0.2, 0.25) is 0 Å². The van der Waals surface area contributed by atoms with Crippen molar-refractivity contribution in [1.29, 1.82) is 0 Å². The summed E-state index contributed by atoms with van der Waals surface area (Å²) in [5.41, 5.74) is 0. The Morgan fingerprint density at radius 3 is 1.58 bits per heavy atom. The third kappa shape index (κ3) is 25.5. The molecule has 0 aromatic carbocycles. The van der Waals surface area contributed by atoms with E-state index in [1.165, 1.54) is 0 Å². The number of unbranched alkanes of at least 4 members (excludes halogenated alkanes) is 5. The van der Waals surface area contributed by atoms with Crippen molar-refractivity contribution in [1.82, 2.24) is 0 Å². The van der Waals surface area contributed by atoms with Crippen LogP contribution in [0.4, 0.5) is 0 Å². The Morgan fingerprint density at radius 1 is 0.585 bits per heavy atom. The number of esters is 2. The molecule has 0 aromatic rings. The van der Waals surface area contributed by atoms with Gasteiger partial charge < -0.3 is 39.4 Å². The zero-order valence-electron chi connectivity index (χ0n) is 32.2. The maximum atomic E-state index is 12.7. The molecule has 1 aliphatic heterocycles. The minimum Gasteiger partial charge on any atom is -0.462 e. The number of carbonyl (C=O) groups is 2. The predicted octanol–water partition coefficient (Wildman–Crippen LogP) is 7.43. The summed E-state index contributed by atoms with van der Waals surface area (Å²) in [5, 5.41) is 39.9. The third-order valence-corrected chi connectivity index (χ3v) is 8.28. The highest BCUT2D eigenvalue weighted by atomic mass is 16.7. The van der Waals surface area contributed by atoms with Gasteiger partial charge in [0.1, 0.15) is 31.0 Å². The molecule has 0 amide bonds. The number of aliphatic hydroxyl groups is 4. The Balaban J connectivity index is 2.46. The van der Waals surface area contributed by atoms with Crippen LogP contribution in [0.2, 0.25) is 0 Å². The third-order valence-electron chi connectivity index (χ3n) is 8.28. The van der Waals surface area contributed by atoms with Crippen molar-refractivity contribution in [2.24, 2.45) is 0 Å². The van der Waals surface area contributed by atoms with E-state index in [0.717, 1.165) is 77.0 Å². The molecule has 0 radical (unpaired) electrons. The molecule has 0 aromatic heterocycles. The highest BCUT2D eigenvalue weighted by molar-refractivity contribution is 5.70. The van der Waals surface area contributed by atoms with Crippen molar-refractivity contribution in [2.75, 3.05) is 19.8 Å². The second-order valence-corrected chi connectivity index (χ2v) is 13.0. The van der Waals surface area contributed by atoms with Crippen molar-refractivity contribution < 1.29 is 49.0 Å². The van der Waals surface area contributed by atoms with Crippen molar-refractivity contribution in [2.45, 2.75) is 153 Å². The fraction of sp³-hybridized carbons (Fsp3) is 0.628. The number of aliphatic hydroxyl groups excluding tert-OH is 4. The molecule has 0 saturated carbocycles. The average Bonchev–Trinajstić information content (AvgIpc) is 3.15. The van der Waals surface area contributed by atoms with Gasteiger partial charge in [0.15, 0.2) is 12.4 Å². The first-order valence-corrected chi connectivity index (χ1v) is 19.7. The van der Waals surface area contributed by atoms with Gasteiger partial charge in [-0.2, -0.15) is 0 Å². The Labute approximate surface area is 318 Å². The van der Waals surface area contributed by atoms with E-state index in [0.29, 0.717) is 12.8 Å². The van der Waals surface area contributed by atoms with Crippen LogP contribution in [0.15, 0.2) is 85.1 Å². The molecule has 1 aliphatic rings. The normalized spacial score (nSPS) is 21.8. The van der Waals surface area contributed by atoms with E-state index >= 15 is 0 Å². The number of ether oxygens (including phenoxy) is 4. The van der Waals surface area contributed by atoms with E-state index in [-0.39, 0.29) is 26.1 Å². The number of carbonyl (C=O) groups excluding carboxylic acids is 2. The minimum absolute atomic E-state index is 0.166.